The largest absolute Gasteiger partial charge is 0.484 e. The number of nitrogens with two attached hydrogens (primary N) is 1. The van der Waals surface area contributed by atoms with E-state index in [1.165, 1.54) is 0 Å². The van der Waals surface area contributed by atoms with Crippen molar-refractivity contribution >= 4 is 18.3 Å². The van der Waals surface area contributed by atoms with Crippen LogP contribution in [0.1, 0.15) is 18.4 Å². The Hall–Kier alpha value is -1.30. The molecule has 2 N–H and O–H groups in total. The Balaban J connectivity index is 0.00000220. The summed E-state index contributed by atoms with van der Waals surface area (Å²) in [6.07, 6.45) is 2.07. The van der Waals surface area contributed by atoms with Crippen molar-refractivity contribution in [1.29, 1.82) is 0 Å². The van der Waals surface area contributed by atoms with Gasteiger partial charge in [-0.2, -0.15) is 0 Å². The van der Waals surface area contributed by atoms with E-state index >= 15 is 0 Å². The molecule has 1 aromatic carbocycles. The van der Waals surface area contributed by atoms with Crippen LogP contribution in [0.15, 0.2) is 24.3 Å². The van der Waals surface area contributed by atoms with E-state index in [0.717, 1.165) is 31.5 Å². The monoisotopic (exact) mass is 314 g/mol. The summed E-state index contributed by atoms with van der Waals surface area (Å²) in [7, 11) is 1.72. The molecule has 0 atom stereocenters. The molecule has 1 heterocycles. The van der Waals surface area contributed by atoms with E-state index in [1.54, 1.807) is 7.11 Å². The molecule has 0 bridgehead atoms. The van der Waals surface area contributed by atoms with Gasteiger partial charge >= 0.3 is 0 Å². The van der Waals surface area contributed by atoms with Gasteiger partial charge in [0.15, 0.2) is 6.61 Å². The number of piperidine rings is 1. The van der Waals surface area contributed by atoms with Crippen molar-refractivity contribution in [3.8, 4) is 5.75 Å². The van der Waals surface area contributed by atoms with Crippen LogP contribution >= 0.6 is 12.4 Å². The van der Waals surface area contributed by atoms with Crippen LogP contribution in [0.2, 0.25) is 0 Å². The van der Waals surface area contributed by atoms with Crippen molar-refractivity contribution in [3.05, 3.63) is 29.8 Å². The first-order chi connectivity index (χ1) is 9.72. The third kappa shape index (κ3) is 5.19. The fourth-order valence-corrected chi connectivity index (χ4v) is 2.34. The van der Waals surface area contributed by atoms with Gasteiger partial charge in [0.05, 0.1) is 6.10 Å². The number of ether oxygens (including phenoxy) is 2. The van der Waals surface area contributed by atoms with Crippen LogP contribution in [-0.4, -0.2) is 43.7 Å². The van der Waals surface area contributed by atoms with Crippen LogP contribution < -0.4 is 10.5 Å². The molecular formula is C15H23ClN2O3. The lowest BCUT2D eigenvalue weighted by molar-refractivity contribution is -0.135. The van der Waals surface area contributed by atoms with Gasteiger partial charge in [-0.25, -0.2) is 0 Å². The van der Waals surface area contributed by atoms with Crippen LogP contribution in [0, 0.1) is 0 Å². The maximum atomic E-state index is 12.1. The van der Waals surface area contributed by atoms with Crippen molar-refractivity contribution in [1.82, 2.24) is 4.90 Å². The van der Waals surface area contributed by atoms with E-state index in [0.29, 0.717) is 12.3 Å². The third-order valence-corrected chi connectivity index (χ3v) is 3.62. The predicted octanol–water partition coefficient (Wildman–Crippen LogP) is 1.58. The second-order valence-electron chi connectivity index (χ2n) is 4.96. The standard InChI is InChI=1S/C15H22N2O3.ClH/c1-19-13-5-7-17(8-6-13)15(18)11-20-14-4-2-3-12(9-14)10-16;/h2-4,9,13H,5-8,10-11,16H2,1H3;1H. The van der Waals surface area contributed by atoms with Crippen molar-refractivity contribution in [2.24, 2.45) is 5.73 Å². The van der Waals surface area contributed by atoms with Gasteiger partial charge in [0.25, 0.3) is 5.91 Å². The minimum atomic E-state index is 0. The molecule has 1 fully saturated rings. The van der Waals surface area contributed by atoms with Gasteiger partial charge in [-0.15, -0.1) is 12.4 Å². The maximum absolute atomic E-state index is 12.1. The predicted molar refractivity (Wildman–Crippen MR) is 83.7 cm³/mol. The average molecular weight is 315 g/mol. The molecule has 118 valence electrons. The second kappa shape index (κ2) is 8.87. The summed E-state index contributed by atoms with van der Waals surface area (Å²) in [6.45, 7) is 2.02. The molecule has 0 aliphatic carbocycles. The summed E-state index contributed by atoms with van der Waals surface area (Å²) in [6, 6.07) is 7.52. The highest BCUT2D eigenvalue weighted by Crippen LogP contribution is 2.15. The lowest BCUT2D eigenvalue weighted by Gasteiger charge is -2.31. The van der Waals surface area contributed by atoms with E-state index in [9.17, 15) is 4.79 Å². The quantitative estimate of drug-likeness (QED) is 0.896. The van der Waals surface area contributed by atoms with E-state index in [4.69, 9.17) is 15.2 Å². The molecule has 0 spiro atoms. The molecule has 6 heteroatoms. The highest BCUT2D eigenvalue weighted by Gasteiger charge is 2.22. The van der Waals surface area contributed by atoms with Gasteiger partial charge in [-0.05, 0) is 30.5 Å². The number of halogens is 1. The molecule has 1 aliphatic rings. The Morgan fingerprint density at radius 1 is 1.38 bits per heavy atom. The van der Waals surface area contributed by atoms with Crippen LogP contribution in [0.3, 0.4) is 0 Å². The number of rotatable bonds is 5. The number of nitrogens with zero attached hydrogens (tertiary/aromatic N) is 1. The van der Waals surface area contributed by atoms with Crippen molar-refractivity contribution in [2.75, 3.05) is 26.8 Å². The van der Waals surface area contributed by atoms with Crippen molar-refractivity contribution < 1.29 is 14.3 Å². The SMILES string of the molecule is COC1CCN(C(=O)COc2cccc(CN)c2)CC1.Cl. The topological polar surface area (TPSA) is 64.8 Å². The van der Waals surface area contributed by atoms with Gasteiger partial charge in [-0.3, -0.25) is 4.79 Å². The van der Waals surface area contributed by atoms with Gasteiger partial charge in [0, 0.05) is 26.7 Å². The fraction of sp³-hybridized carbons (Fsp3) is 0.533. The van der Waals surface area contributed by atoms with Gasteiger partial charge in [0.2, 0.25) is 0 Å². The highest BCUT2D eigenvalue weighted by molar-refractivity contribution is 5.85. The molecule has 2 rings (SSSR count). The summed E-state index contributed by atoms with van der Waals surface area (Å²) < 4.78 is 10.8. The average Bonchev–Trinajstić information content (AvgIpc) is 2.53. The van der Waals surface area contributed by atoms with Gasteiger partial charge in [-0.1, -0.05) is 12.1 Å². The van der Waals surface area contributed by atoms with Crippen LogP contribution in [0.4, 0.5) is 0 Å². The molecule has 1 aromatic rings. The molecule has 1 aliphatic heterocycles. The summed E-state index contributed by atoms with van der Waals surface area (Å²) >= 11 is 0. The number of amides is 1. The Kier molecular flexibility index (Phi) is 7.50. The van der Waals surface area contributed by atoms with E-state index in [2.05, 4.69) is 0 Å². The van der Waals surface area contributed by atoms with Crippen molar-refractivity contribution in [3.63, 3.8) is 0 Å². The van der Waals surface area contributed by atoms with Gasteiger partial charge in [0.1, 0.15) is 5.75 Å². The molecule has 5 nitrogen and oxygen atoms in total. The van der Waals surface area contributed by atoms with Crippen LogP contribution in [-0.2, 0) is 16.1 Å². The van der Waals surface area contributed by atoms with Crippen molar-refractivity contribution in [2.45, 2.75) is 25.5 Å². The molecule has 0 radical (unpaired) electrons. The number of carbonyl (C=O) groups excluding carboxylic acids is 1. The molecule has 1 saturated heterocycles. The highest BCUT2D eigenvalue weighted by atomic mass is 35.5. The Morgan fingerprint density at radius 3 is 2.71 bits per heavy atom. The number of likely N-dealkylation sites (tertiary alicyclic amines) is 1. The summed E-state index contributed by atoms with van der Waals surface area (Å²) in [5.74, 6) is 0.714. The molecule has 0 aromatic heterocycles. The number of benzene rings is 1. The summed E-state index contributed by atoms with van der Waals surface area (Å²) in [5.41, 5.74) is 6.57. The number of hydrogen-bond donors (Lipinski definition) is 1. The zero-order valence-corrected chi connectivity index (χ0v) is 13.1. The van der Waals surface area contributed by atoms with Crippen LogP contribution in [0.25, 0.3) is 0 Å². The lowest BCUT2D eigenvalue weighted by atomic mass is 10.1. The maximum Gasteiger partial charge on any atom is 0.260 e. The minimum Gasteiger partial charge on any atom is -0.484 e. The zero-order chi connectivity index (χ0) is 14.4. The lowest BCUT2D eigenvalue weighted by Crippen LogP contribution is -2.42. The number of carbonyl (C=O) groups is 1. The molecule has 0 saturated carbocycles. The van der Waals surface area contributed by atoms with E-state index in [-0.39, 0.29) is 31.0 Å². The Labute approximate surface area is 131 Å². The summed E-state index contributed by atoms with van der Waals surface area (Å²) in [5, 5.41) is 0. The first-order valence-corrected chi connectivity index (χ1v) is 6.95. The normalized spacial score (nSPS) is 15.4. The van der Waals surface area contributed by atoms with Crippen LogP contribution in [0.5, 0.6) is 5.75 Å². The molecular weight excluding hydrogens is 292 g/mol. The smallest absolute Gasteiger partial charge is 0.260 e. The van der Waals surface area contributed by atoms with E-state index in [1.807, 2.05) is 29.2 Å². The second-order valence-corrected chi connectivity index (χ2v) is 4.96. The first-order valence-electron chi connectivity index (χ1n) is 6.95. The van der Waals surface area contributed by atoms with Gasteiger partial charge < -0.3 is 20.1 Å². The Bertz CT molecular complexity index is 448. The fourth-order valence-electron chi connectivity index (χ4n) is 2.34. The molecule has 0 unspecified atom stereocenters. The molecule has 1 amide bonds. The minimum absolute atomic E-state index is 0. The third-order valence-electron chi connectivity index (χ3n) is 3.62. The zero-order valence-electron chi connectivity index (χ0n) is 12.3. The number of methoxy groups -OCH3 is 1. The number of hydrogen-bond acceptors (Lipinski definition) is 4. The Morgan fingerprint density at radius 2 is 2.10 bits per heavy atom. The molecule has 21 heavy (non-hydrogen) atoms. The summed E-state index contributed by atoms with van der Waals surface area (Å²) in [4.78, 5) is 13.9. The first kappa shape index (κ1) is 17.8. The van der Waals surface area contributed by atoms with E-state index < -0.39 is 0 Å².